The van der Waals surface area contributed by atoms with Gasteiger partial charge in [-0.1, -0.05) is 11.6 Å². The maximum atomic E-state index is 12.7. The molecule has 0 saturated heterocycles. The highest BCUT2D eigenvalue weighted by atomic mass is 35.5. The molecule has 3 aromatic rings. The first-order chi connectivity index (χ1) is 11.8. The van der Waals surface area contributed by atoms with Crippen molar-refractivity contribution < 1.29 is 18.0 Å². The predicted molar refractivity (Wildman–Crippen MR) is 81.4 cm³/mol. The summed E-state index contributed by atoms with van der Waals surface area (Å²) in [5, 5.41) is 13.6. The lowest BCUT2D eigenvalue weighted by atomic mass is 10.2. The third kappa shape index (κ3) is 3.74. The van der Waals surface area contributed by atoms with E-state index in [2.05, 4.69) is 25.6 Å². The Hall–Kier alpha value is -3.01. The molecule has 0 radical (unpaired) electrons. The van der Waals surface area contributed by atoms with Crippen molar-refractivity contribution in [2.24, 2.45) is 0 Å². The zero-order valence-corrected chi connectivity index (χ0v) is 13.0. The van der Waals surface area contributed by atoms with Crippen molar-refractivity contribution >= 4 is 23.2 Å². The van der Waals surface area contributed by atoms with Crippen LogP contribution in [0.1, 0.15) is 16.1 Å². The minimum atomic E-state index is -4.55. The second-order valence-electron chi connectivity index (χ2n) is 4.76. The van der Waals surface area contributed by atoms with E-state index in [0.717, 1.165) is 18.2 Å². The van der Waals surface area contributed by atoms with Crippen molar-refractivity contribution in [3.8, 4) is 5.82 Å². The highest BCUT2D eigenvalue weighted by molar-refractivity contribution is 6.33. The van der Waals surface area contributed by atoms with Gasteiger partial charge in [0, 0.05) is 0 Å². The molecule has 0 saturated carbocycles. The molecule has 0 aliphatic heterocycles. The number of carbonyl (C=O) groups is 1. The first kappa shape index (κ1) is 16.8. The van der Waals surface area contributed by atoms with E-state index in [1.54, 1.807) is 0 Å². The molecule has 3 rings (SSSR count). The maximum Gasteiger partial charge on any atom is 0.416 e. The van der Waals surface area contributed by atoms with Crippen LogP contribution >= 0.6 is 11.6 Å². The average molecular weight is 369 g/mol. The van der Waals surface area contributed by atoms with Crippen LogP contribution in [0.2, 0.25) is 5.02 Å². The van der Waals surface area contributed by atoms with Crippen LogP contribution in [-0.2, 0) is 6.18 Å². The lowest BCUT2D eigenvalue weighted by molar-refractivity contribution is -0.137. The molecular formula is C14H8ClF3N6O. The molecule has 0 fully saturated rings. The number of amides is 1. The summed E-state index contributed by atoms with van der Waals surface area (Å²) in [6.45, 7) is 0. The van der Waals surface area contributed by atoms with Crippen molar-refractivity contribution in [2.45, 2.75) is 6.18 Å². The second kappa shape index (κ2) is 6.48. The largest absolute Gasteiger partial charge is 0.416 e. The van der Waals surface area contributed by atoms with Crippen LogP contribution < -0.4 is 5.32 Å². The molecule has 0 bridgehead atoms. The van der Waals surface area contributed by atoms with E-state index >= 15 is 0 Å². The lowest BCUT2D eigenvalue weighted by Crippen LogP contribution is -2.16. The second-order valence-corrected chi connectivity index (χ2v) is 5.17. The molecule has 0 aliphatic carbocycles. The van der Waals surface area contributed by atoms with Gasteiger partial charge in [0.2, 0.25) is 0 Å². The number of halogens is 4. The summed E-state index contributed by atoms with van der Waals surface area (Å²) in [6.07, 6.45) is -1.85. The van der Waals surface area contributed by atoms with Gasteiger partial charge in [0.1, 0.15) is 12.7 Å². The Bertz CT molecular complexity index is 896. The number of anilines is 1. The van der Waals surface area contributed by atoms with E-state index < -0.39 is 17.6 Å². The molecule has 25 heavy (non-hydrogen) atoms. The van der Waals surface area contributed by atoms with Crippen molar-refractivity contribution in [1.82, 2.24) is 25.0 Å². The molecule has 2 aromatic heterocycles. The Labute approximate surface area is 143 Å². The summed E-state index contributed by atoms with van der Waals surface area (Å²) in [5.74, 6) is -0.426. The van der Waals surface area contributed by atoms with Gasteiger partial charge in [-0.3, -0.25) is 4.79 Å². The summed E-state index contributed by atoms with van der Waals surface area (Å²) >= 11 is 5.83. The van der Waals surface area contributed by atoms with Crippen molar-refractivity contribution in [1.29, 1.82) is 0 Å². The molecule has 2 heterocycles. The van der Waals surface area contributed by atoms with E-state index in [4.69, 9.17) is 11.6 Å². The Kier molecular flexibility index (Phi) is 4.36. The monoisotopic (exact) mass is 368 g/mol. The summed E-state index contributed by atoms with van der Waals surface area (Å²) in [7, 11) is 0. The van der Waals surface area contributed by atoms with E-state index in [0.29, 0.717) is 5.82 Å². The first-order valence-electron chi connectivity index (χ1n) is 6.71. The molecule has 0 aliphatic rings. The quantitative estimate of drug-likeness (QED) is 0.768. The van der Waals surface area contributed by atoms with E-state index in [1.807, 2.05) is 0 Å². The molecule has 0 unspecified atom stereocenters. The number of alkyl halides is 3. The normalized spacial score (nSPS) is 11.4. The minimum Gasteiger partial charge on any atom is -0.319 e. The third-order valence-corrected chi connectivity index (χ3v) is 3.41. The summed E-state index contributed by atoms with van der Waals surface area (Å²) in [6, 6.07) is 5.44. The van der Waals surface area contributed by atoms with E-state index in [9.17, 15) is 18.0 Å². The standard InChI is InChI=1S/C14H8ClF3N6O/c15-9-2-1-8(14(16,17)18)5-11(9)21-13(25)10-3-4-12(23-22-10)24-7-19-6-20-24/h1-7H,(H,21,25). The zero-order chi connectivity index (χ0) is 18.0. The van der Waals surface area contributed by atoms with Gasteiger partial charge in [0.25, 0.3) is 5.91 Å². The van der Waals surface area contributed by atoms with Crippen LogP contribution in [0, 0.1) is 0 Å². The van der Waals surface area contributed by atoms with Crippen LogP contribution in [-0.4, -0.2) is 30.9 Å². The molecule has 7 nitrogen and oxygen atoms in total. The molecule has 1 amide bonds. The average Bonchev–Trinajstić information content (AvgIpc) is 3.10. The van der Waals surface area contributed by atoms with Crippen LogP contribution in [0.5, 0.6) is 0 Å². The van der Waals surface area contributed by atoms with Gasteiger partial charge >= 0.3 is 6.18 Å². The number of nitrogens with zero attached hydrogens (tertiary/aromatic N) is 5. The number of hydrogen-bond donors (Lipinski definition) is 1. The molecule has 0 spiro atoms. The van der Waals surface area contributed by atoms with E-state index in [1.165, 1.54) is 29.5 Å². The summed E-state index contributed by atoms with van der Waals surface area (Å²) in [4.78, 5) is 15.9. The van der Waals surface area contributed by atoms with Gasteiger partial charge in [-0.15, -0.1) is 10.2 Å². The fourth-order valence-electron chi connectivity index (χ4n) is 1.88. The van der Waals surface area contributed by atoms with Crippen molar-refractivity contribution in [3.05, 3.63) is 59.3 Å². The smallest absolute Gasteiger partial charge is 0.319 e. The van der Waals surface area contributed by atoms with Crippen molar-refractivity contribution in [3.63, 3.8) is 0 Å². The lowest BCUT2D eigenvalue weighted by Gasteiger charge is -2.11. The minimum absolute atomic E-state index is 0.0338. The fourth-order valence-corrected chi connectivity index (χ4v) is 2.04. The Morgan fingerprint density at radius 2 is 1.96 bits per heavy atom. The predicted octanol–water partition coefficient (Wildman–Crippen LogP) is 2.98. The molecular weight excluding hydrogens is 361 g/mol. The summed E-state index contributed by atoms with van der Waals surface area (Å²) in [5.41, 5.74) is -1.21. The number of hydrogen-bond acceptors (Lipinski definition) is 5. The van der Waals surface area contributed by atoms with Gasteiger partial charge < -0.3 is 5.32 Å². The van der Waals surface area contributed by atoms with Gasteiger partial charge in [0.15, 0.2) is 11.5 Å². The number of benzene rings is 1. The molecule has 1 aromatic carbocycles. The number of rotatable bonds is 3. The van der Waals surface area contributed by atoms with Gasteiger partial charge in [-0.25, -0.2) is 9.67 Å². The van der Waals surface area contributed by atoms with E-state index in [-0.39, 0.29) is 16.4 Å². The number of nitrogens with one attached hydrogen (secondary N) is 1. The molecule has 1 N–H and O–H groups in total. The molecule has 0 atom stereocenters. The third-order valence-electron chi connectivity index (χ3n) is 3.08. The Morgan fingerprint density at radius 1 is 1.16 bits per heavy atom. The van der Waals surface area contributed by atoms with Crippen LogP contribution in [0.4, 0.5) is 18.9 Å². The highest BCUT2D eigenvalue weighted by Gasteiger charge is 2.31. The van der Waals surface area contributed by atoms with Crippen molar-refractivity contribution in [2.75, 3.05) is 5.32 Å². The number of carbonyl (C=O) groups excluding carboxylic acids is 1. The van der Waals surface area contributed by atoms with Gasteiger partial charge in [-0.2, -0.15) is 18.3 Å². The highest BCUT2D eigenvalue weighted by Crippen LogP contribution is 2.33. The van der Waals surface area contributed by atoms with Crippen LogP contribution in [0.25, 0.3) is 5.82 Å². The summed E-state index contributed by atoms with van der Waals surface area (Å²) < 4.78 is 39.6. The maximum absolute atomic E-state index is 12.7. The van der Waals surface area contributed by atoms with Gasteiger partial charge in [0.05, 0.1) is 16.3 Å². The van der Waals surface area contributed by atoms with Crippen LogP contribution in [0.3, 0.4) is 0 Å². The molecule has 128 valence electrons. The van der Waals surface area contributed by atoms with Gasteiger partial charge in [-0.05, 0) is 30.3 Å². The fraction of sp³-hybridized carbons (Fsp3) is 0.0714. The number of aromatic nitrogens is 5. The SMILES string of the molecule is O=C(Nc1cc(C(F)(F)F)ccc1Cl)c1ccc(-n2cncn2)nn1. The first-order valence-corrected chi connectivity index (χ1v) is 7.09. The molecule has 11 heteroatoms. The van der Waals surface area contributed by atoms with Crippen LogP contribution in [0.15, 0.2) is 43.0 Å². The topological polar surface area (TPSA) is 85.6 Å². The Balaban J connectivity index is 1.80. The Morgan fingerprint density at radius 3 is 2.56 bits per heavy atom. The zero-order valence-electron chi connectivity index (χ0n) is 12.2.